The van der Waals surface area contributed by atoms with Crippen molar-refractivity contribution in [2.75, 3.05) is 11.9 Å². The van der Waals surface area contributed by atoms with Crippen molar-refractivity contribution < 1.29 is 4.79 Å². The Bertz CT molecular complexity index is 393. The maximum atomic E-state index is 11.7. The summed E-state index contributed by atoms with van der Waals surface area (Å²) < 4.78 is 1.05. The van der Waals surface area contributed by atoms with Crippen LogP contribution in [0.25, 0.3) is 0 Å². The minimum absolute atomic E-state index is 0.0418. The van der Waals surface area contributed by atoms with E-state index in [1.54, 1.807) is 0 Å². The summed E-state index contributed by atoms with van der Waals surface area (Å²) in [4.78, 5) is 11.7. The van der Waals surface area contributed by atoms with Gasteiger partial charge in [0.2, 0.25) is 5.91 Å². The number of hydrogen-bond donors (Lipinski definition) is 2. The highest BCUT2D eigenvalue weighted by Gasteiger charge is 2.08. The molecule has 0 aromatic heterocycles. The lowest BCUT2D eigenvalue weighted by Crippen LogP contribution is -2.30. The number of rotatable bonds is 5. The lowest BCUT2D eigenvalue weighted by molar-refractivity contribution is -0.116. The first kappa shape index (κ1) is 14.2. The van der Waals surface area contributed by atoms with Crippen molar-refractivity contribution in [1.29, 1.82) is 0 Å². The third kappa shape index (κ3) is 4.88. The molecule has 17 heavy (non-hydrogen) atoms. The van der Waals surface area contributed by atoms with E-state index < -0.39 is 0 Å². The van der Waals surface area contributed by atoms with Crippen molar-refractivity contribution >= 4 is 27.5 Å². The summed E-state index contributed by atoms with van der Waals surface area (Å²) in [6, 6.07) is 6.00. The molecule has 0 aliphatic carbocycles. The summed E-state index contributed by atoms with van der Waals surface area (Å²) in [5.74, 6) is 0.0418. The number of nitrogens with one attached hydrogen (secondary N) is 2. The third-order valence-electron chi connectivity index (χ3n) is 2.49. The second-order valence-electron chi connectivity index (χ2n) is 4.17. The lowest BCUT2D eigenvalue weighted by atomic mass is 10.2. The molecule has 0 aliphatic heterocycles. The van der Waals surface area contributed by atoms with Gasteiger partial charge in [-0.3, -0.25) is 4.79 Å². The molecule has 4 heteroatoms. The van der Waals surface area contributed by atoms with Crippen molar-refractivity contribution in [3.8, 4) is 0 Å². The number of carbonyl (C=O) groups excluding carboxylic acids is 1. The second kappa shape index (κ2) is 6.77. The van der Waals surface area contributed by atoms with E-state index in [9.17, 15) is 4.79 Å². The molecule has 1 aromatic carbocycles. The van der Waals surface area contributed by atoms with Crippen LogP contribution in [0.2, 0.25) is 0 Å². The van der Waals surface area contributed by atoms with Crippen LogP contribution in [0.15, 0.2) is 22.7 Å². The van der Waals surface area contributed by atoms with Crippen LogP contribution >= 0.6 is 15.9 Å². The summed E-state index contributed by atoms with van der Waals surface area (Å²) in [5.41, 5.74) is 1.96. The lowest BCUT2D eigenvalue weighted by Gasteiger charge is -2.12. The van der Waals surface area contributed by atoms with Gasteiger partial charge in [-0.25, -0.2) is 0 Å². The van der Waals surface area contributed by atoms with Crippen LogP contribution in [-0.2, 0) is 4.79 Å². The highest BCUT2D eigenvalue weighted by molar-refractivity contribution is 9.10. The standard InChI is InChI=1S/C13H19BrN2O/c1-4-15-10(3)8-13(17)16-11-5-6-12(14)9(2)7-11/h5-7,10,15H,4,8H2,1-3H3,(H,16,17). The first-order valence-corrected chi connectivity index (χ1v) is 6.61. The molecule has 2 N–H and O–H groups in total. The van der Waals surface area contributed by atoms with Crippen molar-refractivity contribution in [3.63, 3.8) is 0 Å². The number of halogens is 1. The molecule has 1 aromatic rings. The zero-order valence-electron chi connectivity index (χ0n) is 10.5. The molecular weight excluding hydrogens is 280 g/mol. The molecule has 94 valence electrons. The maximum Gasteiger partial charge on any atom is 0.225 e. The monoisotopic (exact) mass is 298 g/mol. The average Bonchev–Trinajstić information content (AvgIpc) is 2.23. The van der Waals surface area contributed by atoms with Gasteiger partial charge in [0.25, 0.3) is 0 Å². The van der Waals surface area contributed by atoms with Crippen molar-refractivity contribution in [1.82, 2.24) is 5.32 Å². The van der Waals surface area contributed by atoms with Crippen LogP contribution in [0, 0.1) is 6.92 Å². The van der Waals surface area contributed by atoms with Gasteiger partial charge in [-0.15, -0.1) is 0 Å². The zero-order chi connectivity index (χ0) is 12.8. The molecule has 0 heterocycles. The van der Waals surface area contributed by atoms with Crippen LogP contribution < -0.4 is 10.6 Å². The molecule has 0 saturated heterocycles. The normalized spacial score (nSPS) is 12.2. The van der Waals surface area contributed by atoms with E-state index in [0.717, 1.165) is 22.3 Å². The minimum atomic E-state index is 0.0418. The average molecular weight is 299 g/mol. The minimum Gasteiger partial charge on any atom is -0.326 e. The zero-order valence-corrected chi connectivity index (χ0v) is 12.1. The predicted molar refractivity (Wildman–Crippen MR) is 75.3 cm³/mol. The predicted octanol–water partition coefficient (Wildman–Crippen LogP) is 3.08. The fraction of sp³-hybridized carbons (Fsp3) is 0.462. The SMILES string of the molecule is CCNC(C)CC(=O)Nc1ccc(Br)c(C)c1. The number of aryl methyl sites for hydroxylation is 1. The Kier molecular flexibility index (Phi) is 5.65. The summed E-state index contributed by atoms with van der Waals surface area (Å²) in [7, 11) is 0. The van der Waals surface area contributed by atoms with E-state index in [4.69, 9.17) is 0 Å². The Hall–Kier alpha value is -0.870. The van der Waals surface area contributed by atoms with E-state index in [2.05, 4.69) is 26.6 Å². The molecule has 1 unspecified atom stereocenters. The van der Waals surface area contributed by atoms with Crippen LogP contribution in [-0.4, -0.2) is 18.5 Å². The van der Waals surface area contributed by atoms with Gasteiger partial charge >= 0.3 is 0 Å². The molecule has 0 aliphatic rings. The fourth-order valence-electron chi connectivity index (χ4n) is 1.63. The molecule has 0 fully saturated rings. The highest BCUT2D eigenvalue weighted by Crippen LogP contribution is 2.20. The van der Waals surface area contributed by atoms with E-state index in [-0.39, 0.29) is 11.9 Å². The molecule has 1 amide bonds. The third-order valence-corrected chi connectivity index (χ3v) is 3.38. The first-order chi connectivity index (χ1) is 8.02. The Balaban J connectivity index is 2.53. The van der Waals surface area contributed by atoms with Crippen LogP contribution in [0.1, 0.15) is 25.8 Å². The van der Waals surface area contributed by atoms with E-state index >= 15 is 0 Å². The Morgan fingerprint density at radius 1 is 1.47 bits per heavy atom. The molecule has 0 radical (unpaired) electrons. The van der Waals surface area contributed by atoms with Crippen molar-refractivity contribution in [2.24, 2.45) is 0 Å². The largest absolute Gasteiger partial charge is 0.326 e. The number of benzene rings is 1. The van der Waals surface area contributed by atoms with Gasteiger partial charge < -0.3 is 10.6 Å². The summed E-state index contributed by atoms with van der Waals surface area (Å²) >= 11 is 3.43. The fourth-order valence-corrected chi connectivity index (χ4v) is 1.88. The van der Waals surface area contributed by atoms with Gasteiger partial charge in [0.1, 0.15) is 0 Å². The molecule has 3 nitrogen and oxygen atoms in total. The molecule has 1 rings (SSSR count). The summed E-state index contributed by atoms with van der Waals surface area (Å²) in [5, 5.41) is 6.11. The van der Waals surface area contributed by atoms with Gasteiger partial charge in [0, 0.05) is 22.6 Å². The molecule has 0 spiro atoms. The van der Waals surface area contributed by atoms with Gasteiger partial charge in [0.05, 0.1) is 0 Å². The van der Waals surface area contributed by atoms with Gasteiger partial charge in [0.15, 0.2) is 0 Å². The van der Waals surface area contributed by atoms with Gasteiger partial charge in [-0.05, 0) is 44.2 Å². The van der Waals surface area contributed by atoms with E-state index in [0.29, 0.717) is 6.42 Å². The number of carbonyl (C=O) groups is 1. The maximum absolute atomic E-state index is 11.7. The quantitative estimate of drug-likeness (QED) is 0.877. The molecule has 0 saturated carbocycles. The first-order valence-electron chi connectivity index (χ1n) is 5.82. The second-order valence-corrected chi connectivity index (χ2v) is 5.03. The Morgan fingerprint density at radius 3 is 2.76 bits per heavy atom. The Morgan fingerprint density at radius 2 is 2.18 bits per heavy atom. The van der Waals surface area contributed by atoms with Gasteiger partial charge in [-0.1, -0.05) is 22.9 Å². The number of amides is 1. The highest BCUT2D eigenvalue weighted by atomic mass is 79.9. The molecular formula is C13H19BrN2O. The topological polar surface area (TPSA) is 41.1 Å². The van der Waals surface area contributed by atoms with E-state index in [1.807, 2.05) is 39.0 Å². The van der Waals surface area contributed by atoms with Crippen LogP contribution in [0.3, 0.4) is 0 Å². The smallest absolute Gasteiger partial charge is 0.225 e. The van der Waals surface area contributed by atoms with Gasteiger partial charge in [-0.2, -0.15) is 0 Å². The van der Waals surface area contributed by atoms with Crippen molar-refractivity contribution in [2.45, 2.75) is 33.2 Å². The Labute approximate surface area is 111 Å². The molecule has 0 bridgehead atoms. The number of anilines is 1. The summed E-state index contributed by atoms with van der Waals surface area (Å²) in [6.07, 6.45) is 0.489. The van der Waals surface area contributed by atoms with Crippen molar-refractivity contribution in [3.05, 3.63) is 28.2 Å². The van der Waals surface area contributed by atoms with E-state index in [1.165, 1.54) is 0 Å². The molecule has 1 atom stereocenters. The van der Waals surface area contributed by atoms with Crippen LogP contribution in [0.4, 0.5) is 5.69 Å². The number of hydrogen-bond acceptors (Lipinski definition) is 2. The summed E-state index contributed by atoms with van der Waals surface area (Å²) in [6.45, 7) is 6.93. The van der Waals surface area contributed by atoms with Crippen LogP contribution in [0.5, 0.6) is 0 Å².